The Morgan fingerprint density at radius 1 is 1.06 bits per heavy atom. The molecule has 0 N–H and O–H groups in total. The first-order valence-corrected chi connectivity index (χ1v) is 12.4. The number of carbonyl (C=O) groups is 1. The number of rotatable bonds is 8. The zero-order valence-electron chi connectivity index (χ0n) is 17.0. The van der Waals surface area contributed by atoms with Gasteiger partial charge in [-0.15, -0.1) is 13.2 Å². The van der Waals surface area contributed by atoms with E-state index < -0.39 is 22.1 Å². The zero-order valence-corrected chi connectivity index (χ0v) is 18.6. The molecule has 1 fully saturated rings. The van der Waals surface area contributed by atoms with E-state index in [0.29, 0.717) is 17.9 Å². The van der Waals surface area contributed by atoms with E-state index in [1.807, 2.05) is 18.2 Å². The molecule has 174 valence electrons. The predicted octanol–water partition coefficient (Wildman–Crippen LogP) is 3.14. The predicted molar refractivity (Wildman–Crippen MR) is 113 cm³/mol. The minimum atomic E-state index is -4.85. The van der Waals surface area contributed by atoms with Gasteiger partial charge in [0.2, 0.25) is 15.9 Å². The van der Waals surface area contributed by atoms with Crippen LogP contribution in [0.15, 0.2) is 53.6 Å². The average Bonchev–Trinajstić information content (AvgIpc) is 2.76. The molecule has 1 aromatic heterocycles. The first-order chi connectivity index (χ1) is 15.1. The topological polar surface area (TPSA) is 79.8 Å². The van der Waals surface area contributed by atoms with Gasteiger partial charge in [0.15, 0.2) is 0 Å². The lowest BCUT2D eigenvalue weighted by atomic mass is 10.3. The second-order valence-electron chi connectivity index (χ2n) is 6.93. The molecule has 12 heteroatoms. The second-order valence-corrected chi connectivity index (χ2v) is 9.97. The number of thioether (sulfide) groups is 1. The highest BCUT2D eigenvalue weighted by atomic mass is 32.2. The number of alkyl halides is 3. The summed E-state index contributed by atoms with van der Waals surface area (Å²) in [7, 11) is -3.88. The van der Waals surface area contributed by atoms with Crippen LogP contribution in [0.25, 0.3) is 0 Å². The van der Waals surface area contributed by atoms with Crippen LogP contribution >= 0.6 is 11.8 Å². The minimum Gasteiger partial charge on any atom is -0.406 e. The molecule has 7 nitrogen and oxygen atoms in total. The number of aromatic nitrogens is 1. The molecule has 0 aliphatic carbocycles. The van der Waals surface area contributed by atoms with Crippen molar-refractivity contribution in [1.82, 2.24) is 14.2 Å². The van der Waals surface area contributed by atoms with Crippen molar-refractivity contribution in [3.63, 3.8) is 0 Å². The maximum atomic E-state index is 12.8. The van der Waals surface area contributed by atoms with Gasteiger partial charge in [-0.25, -0.2) is 8.42 Å². The highest BCUT2D eigenvalue weighted by Crippen LogP contribution is 2.25. The molecule has 0 unspecified atom stereocenters. The Kier molecular flexibility index (Phi) is 8.01. The molecular weight excluding hydrogens is 467 g/mol. The Hall–Kier alpha value is -2.31. The van der Waals surface area contributed by atoms with E-state index in [1.54, 1.807) is 22.9 Å². The molecule has 2 aromatic rings. The Balaban J connectivity index is 1.46. The first kappa shape index (κ1) is 24.3. The second kappa shape index (κ2) is 10.5. The van der Waals surface area contributed by atoms with Gasteiger partial charge >= 0.3 is 6.36 Å². The molecular formula is C20H22F3N3O4S2. The van der Waals surface area contributed by atoms with E-state index in [1.165, 1.54) is 4.31 Å². The molecule has 1 aliphatic heterocycles. The highest BCUT2D eigenvalue weighted by molar-refractivity contribution is 7.98. The number of benzene rings is 1. The van der Waals surface area contributed by atoms with E-state index in [-0.39, 0.29) is 37.0 Å². The van der Waals surface area contributed by atoms with Crippen LogP contribution in [0.5, 0.6) is 5.75 Å². The number of amides is 1. The van der Waals surface area contributed by atoms with Gasteiger partial charge in [-0.05, 0) is 36.4 Å². The zero-order chi connectivity index (χ0) is 23.2. The van der Waals surface area contributed by atoms with E-state index in [4.69, 9.17) is 0 Å². The summed E-state index contributed by atoms with van der Waals surface area (Å²) in [4.78, 5) is 18.1. The number of ether oxygens (including phenoxy) is 1. The molecule has 0 bridgehead atoms. The molecule has 0 atom stereocenters. The number of hydrogen-bond acceptors (Lipinski definition) is 6. The molecule has 1 aromatic carbocycles. The van der Waals surface area contributed by atoms with Crippen molar-refractivity contribution in [2.45, 2.75) is 23.4 Å². The fourth-order valence-corrected chi connectivity index (χ4v) is 5.38. The summed E-state index contributed by atoms with van der Waals surface area (Å²) in [6, 6.07) is 9.75. The summed E-state index contributed by atoms with van der Waals surface area (Å²) < 4.78 is 67.3. The summed E-state index contributed by atoms with van der Waals surface area (Å²) >= 11 is 1.61. The van der Waals surface area contributed by atoms with Crippen LogP contribution in [0.1, 0.15) is 12.1 Å². The number of pyridine rings is 1. The van der Waals surface area contributed by atoms with Crippen LogP contribution in [-0.4, -0.2) is 66.8 Å². The van der Waals surface area contributed by atoms with Crippen LogP contribution in [0, 0.1) is 0 Å². The van der Waals surface area contributed by atoms with Crippen molar-refractivity contribution in [2.75, 3.05) is 31.9 Å². The monoisotopic (exact) mass is 489 g/mol. The van der Waals surface area contributed by atoms with E-state index in [9.17, 15) is 26.4 Å². The fraction of sp³-hybridized carbons (Fsp3) is 0.400. The smallest absolute Gasteiger partial charge is 0.406 e. The lowest BCUT2D eigenvalue weighted by Gasteiger charge is -2.34. The van der Waals surface area contributed by atoms with Gasteiger partial charge in [-0.2, -0.15) is 16.1 Å². The van der Waals surface area contributed by atoms with Crippen LogP contribution in [-0.2, 0) is 20.6 Å². The van der Waals surface area contributed by atoms with Gasteiger partial charge < -0.3 is 9.64 Å². The van der Waals surface area contributed by atoms with E-state index in [0.717, 1.165) is 30.0 Å². The normalized spacial score (nSPS) is 15.5. The van der Waals surface area contributed by atoms with Gasteiger partial charge in [-0.3, -0.25) is 9.78 Å². The summed E-state index contributed by atoms with van der Waals surface area (Å²) in [5, 5.41) is 0. The lowest BCUT2D eigenvalue weighted by molar-refractivity contribution is -0.274. The standard InChI is InChI=1S/C20H22F3N3O4S2/c21-20(22,23)30-17-4-6-18(7-5-17)32(28,29)26-12-10-25(11-13-26)19(27)8-14-31-15-16-3-1-2-9-24-16/h1-7,9H,8,10-15H2. The number of nitrogens with zero attached hydrogens (tertiary/aromatic N) is 3. The highest BCUT2D eigenvalue weighted by Gasteiger charge is 2.32. The van der Waals surface area contributed by atoms with Gasteiger partial charge in [0.1, 0.15) is 5.75 Å². The summed E-state index contributed by atoms with van der Waals surface area (Å²) in [5.74, 6) is 0.824. The van der Waals surface area contributed by atoms with Crippen molar-refractivity contribution in [1.29, 1.82) is 0 Å². The lowest BCUT2D eigenvalue weighted by Crippen LogP contribution is -2.50. The van der Waals surface area contributed by atoms with Crippen LogP contribution < -0.4 is 4.74 Å². The van der Waals surface area contributed by atoms with Crippen molar-refractivity contribution in [2.24, 2.45) is 0 Å². The molecule has 0 spiro atoms. The minimum absolute atomic E-state index is 0.0378. The number of sulfonamides is 1. The molecule has 0 radical (unpaired) electrons. The van der Waals surface area contributed by atoms with Crippen LogP contribution in [0.2, 0.25) is 0 Å². The molecule has 32 heavy (non-hydrogen) atoms. The number of halogens is 3. The molecule has 1 amide bonds. The molecule has 1 aliphatic rings. The Morgan fingerprint density at radius 3 is 2.34 bits per heavy atom. The fourth-order valence-electron chi connectivity index (χ4n) is 3.12. The maximum absolute atomic E-state index is 12.8. The van der Waals surface area contributed by atoms with Crippen molar-refractivity contribution in [3.05, 3.63) is 54.4 Å². The van der Waals surface area contributed by atoms with Crippen molar-refractivity contribution in [3.8, 4) is 5.75 Å². The molecule has 1 saturated heterocycles. The SMILES string of the molecule is O=C(CCSCc1ccccn1)N1CCN(S(=O)(=O)c2ccc(OC(F)(F)F)cc2)CC1. The third-order valence-electron chi connectivity index (χ3n) is 4.72. The van der Waals surface area contributed by atoms with Gasteiger partial charge in [0, 0.05) is 50.3 Å². The van der Waals surface area contributed by atoms with Crippen LogP contribution in [0.3, 0.4) is 0 Å². The van der Waals surface area contributed by atoms with Crippen LogP contribution in [0.4, 0.5) is 13.2 Å². The van der Waals surface area contributed by atoms with Crippen molar-refractivity contribution >= 4 is 27.7 Å². The maximum Gasteiger partial charge on any atom is 0.573 e. The summed E-state index contributed by atoms with van der Waals surface area (Å²) in [5.41, 5.74) is 0.946. The van der Waals surface area contributed by atoms with E-state index in [2.05, 4.69) is 9.72 Å². The first-order valence-electron chi connectivity index (χ1n) is 9.76. The molecule has 3 rings (SSSR count). The van der Waals surface area contributed by atoms with Gasteiger partial charge in [0.25, 0.3) is 0 Å². The largest absolute Gasteiger partial charge is 0.573 e. The number of piperazine rings is 1. The van der Waals surface area contributed by atoms with E-state index >= 15 is 0 Å². The van der Waals surface area contributed by atoms with Gasteiger partial charge in [-0.1, -0.05) is 6.07 Å². The molecule has 2 heterocycles. The number of carbonyl (C=O) groups excluding carboxylic acids is 1. The average molecular weight is 490 g/mol. The van der Waals surface area contributed by atoms with Gasteiger partial charge in [0.05, 0.1) is 10.6 Å². The number of hydrogen-bond donors (Lipinski definition) is 0. The third-order valence-corrected chi connectivity index (χ3v) is 7.63. The molecule has 0 saturated carbocycles. The Labute approximate surface area is 188 Å². The quantitative estimate of drug-likeness (QED) is 0.530. The third kappa shape index (κ3) is 6.84. The summed E-state index contributed by atoms with van der Waals surface area (Å²) in [6.45, 7) is 0.766. The Bertz CT molecular complexity index is 995. The summed E-state index contributed by atoms with van der Waals surface area (Å²) in [6.07, 6.45) is -2.77. The Morgan fingerprint density at radius 2 is 1.75 bits per heavy atom. The van der Waals surface area contributed by atoms with Crippen molar-refractivity contribution < 1.29 is 31.1 Å².